The molecule has 0 aliphatic carbocycles. The number of hydrogen-bond donors (Lipinski definition) is 0. The van der Waals surface area contributed by atoms with Crippen LogP contribution in [0, 0.1) is 0 Å². The first kappa shape index (κ1) is 19.4. The van der Waals surface area contributed by atoms with Crippen LogP contribution in [-0.4, -0.2) is 0 Å². The zero-order valence-electron chi connectivity index (χ0n) is 9.58. The van der Waals surface area contributed by atoms with E-state index in [1.54, 1.807) is 18.2 Å². The minimum absolute atomic E-state index is 0. The Morgan fingerprint density at radius 1 is 0.550 bits per heavy atom. The Hall–Kier alpha value is 1.39. The smallest absolute Gasteiger partial charge is 0.0809 e. The van der Waals surface area contributed by atoms with Gasteiger partial charge >= 0.3 is 0 Å². The van der Waals surface area contributed by atoms with Gasteiger partial charge in [0, 0.05) is 38.4 Å². The first-order valence-corrected chi connectivity index (χ1v) is 7.46. The van der Waals surface area contributed by atoms with Crippen LogP contribution in [0.2, 0.25) is 35.2 Å². The molecular weight excluding hydrogens is 505 g/mol. The quantitative estimate of drug-likeness (QED) is 0.209. The van der Waals surface area contributed by atoms with E-state index in [0.29, 0.717) is 21.2 Å². The molecule has 0 unspecified atom stereocenters. The van der Waals surface area contributed by atoms with Crippen molar-refractivity contribution in [2.45, 2.75) is 0 Å². The van der Waals surface area contributed by atoms with Crippen LogP contribution in [0.1, 0.15) is 0 Å². The van der Waals surface area contributed by atoms with Gasteiger partial charge in [0.1, 0.15) is 0 Å². The maximum Gasteiger partial charge on any atom is 0.0809 e. The van der Waals surface area contributed by atoms with E-state index in [2.05, 4.69) is 0 Å². The van der Waals surface area contributed by atoms with E-state index in [-0.39, 0.29) is 52.4 Å². The van der Waals surface area contributed by atoms with Gasteiger partial charge in [-0.15, -0.1) is 0 Å². The van der Waals surface area contributed by atoms with E-state index >= 15 is 0 Å². The van der Waals surface area contributed by atoms with Crippen molar-refractivity contribution in [3.63, 3.8) is 0 Å². The van der Waals surface area contributed by atoms with Gasteiger partial charge in [-0.2, -0.15) is 0 Å². The molecule has 0 fully saturated rings. The van der Waals surface area contributed by atoms with Crippen molar-refractivity contribution in [3.8, 4) is 11.1 Å². The van der Waals surface area contributed by atoms with Crippen molar-refractivity contribution in [1.82, 2.24) is 0 Å². The first-order chi connectivity index (χ1) is 8.86. The largest absolute Gasteiger partial charge is 0.0827 e. The summed E-state index contributed by atoms with van der Waals surface area (Å²) in [6.45, 7) is 0. The van der Waals surface area contributed by atoms with E-state index in [0.717, 1.165) is 0 Å². The van der Waals surface area contributed by atoms with Crippen LogP contribution < -0.4 is 0 Å². The number of rotatable bonds is 1. The zero-order valence-corrected chi connectivity index (χ0v) is 18.9. The fourth-order valence-corrected chi connectivity index (χ4v) is 3.28. The molecule has 102 valence electrons. The fourth-order valence-electron chi connectivity index (χ4n) is 1.54. The summed E-state index contributed by atoms with van der Waals surface area (Å²) in [7, 11) is 0. The molecule has 0 heterocycles. The summed E-state index contributed by atoms with van der Waals surface area (Å²) in [6, 6.07) is 5.07. The molecule has 0 aliphatic heterocycles. The van der Waals surface area contributed by atoms with Crippen molar-refractivity contribution in [1.29, 1.82) is 0 Å². The van der Waals surface area contributed by atoms with Gasteiger partial charge in [0.25, 0.3) is 0 Å². The van der Waals surface area contributed by atoms with Crippen LogP contribution in [0.4, 0.5) is 0 Å². The number of halogens is 7. The van der Waals surface area contributed by atoms with Gasteiger partial charge in [-0.25, -0.2) is 0 Å². The maximum atomic E-state index is 6.17. The average Bonchev–Trinajstić information content (AvgIpc) is 2.39. The molecule has 0 aromatic heterocycles. The SMILES string of the molecule is Clc1cccc(-c2c(Cl)c(Cl)c(Cl)c(Cl)c2Cl)c1Cl.[Cd]. The van der Waals surface area contributed by atoms with Gasteiger partial charge in [0.2, 0.25) is 0 Å². The molecule has 0 atom stereocenters. The topological polar surface area (TPSA) is 0 Å². The van der Waals surface area contributed by atoms with Crippen LogP contribution in [-0.2, 0) is 27.3 Å². The summed E-state index contributed by atoms with van der Waals surface area (Å²) < 4.78 is 0. The minimum atomic E-state index is 0. The van der Waals surface area contributed by atoms with Gasteiger partial charge < -0.3 is 0 Å². The maximum absolute atomic E-state index is 6.17. The predicted molar refractivity (Wildman–Crippen MR) is 86.9 cm³/mol. The van der Waals surface area contributed by atoms with E-state index in [4.69, 9.17) is 81.2 Å². The van der Waals surface area contributed by atoms with Gasteiger partial charge in [-0.3, -0.25) is 0 Å². The molecule has 0 spiro atoms. The molecule has 0 radical (unpaired) electrons. The molecular formula is C12H3CdCl7. The van der Waals surface area contributed by atoms with Crippen molar-refractivity contribution >= 4 is 81.2 Å². The molecule has 0 bridgehead atoms. The Bertz CT molecular complexity index is 640. The minimum Gasteiger partial charge on any atom is -0.0827 e. The third kappa shape index (κ3) is 3.48. The number of hydrogen-bond acceptors (Lipinski definition) is 0. The summed E-state index contributed by atoms with van der Waals surface area (Å²) >= 11 is 42.4. The Balaban J connectivity index is 0.00000200. The predicted octanol–water partition coefficient (Wildman–Crippen LogP) is 7.92. The monoisotopic (exact) mass is 506 g/mol. The van der Waals surface area contributed by atoms with Crippen LogP contribution in [0.5, 0.6) is 0 Å². The third-order valence-electron chi connectivity index (χ3n) is 2.43. The van der Waals surface area contributed by atoms with E-state index in [1.165, 1.54) is 0 Å². The first-order valence-electron chi connectivity index (χ1n) is 4.82. The van der Waals surface area contributed by atoms with Crippen LogP contribution >= 0.6 is 81.2 Å². The summed E-state index contributed by atoms with van der Waals surface area (Å²) in [6.07, 6.45) is 0. The van der Waals surface area contributed by atoms with E-state index in [9.17, 15) is 0 Å². The Labute approximate surface area is 171 Å². The number of benzene rings is 2. The molecule has 2 aromatic carbocycles. The summed E-state index contributed by atoms with van der Waals surface area (Å²) in [4.78, 5) is 0. The molecule has 20 heavy (non-hydrogen) atoms. The van der Waals surface area contributed by atoms with Crippen molar-refractivity contribution < 1.29 is 27.3 Å². The molecule has 0 saturated carbocycles. The summed E-state index contributed by atoms with van der Waals surface area (Å²) in [5.74, 6) is 0. The molecule has 0 aliphatic rings. The second-order valence-corrected chi connectivity index (χ2v) is 6.22. The Kier molecular flexibility index (Phi) is 7.56. The van der Waals surface area contributed by atoms with Gasteiger partial charge in [-0.1, -0.05) is 93.3 Å². The third-order valence-corrected chi connectivity index (χ3v) is 5.53. The van der Waals surface area contributed by atoms with Crippen molar-refractivity contribution in [2.24, 2.45) is 0 Å². The summed E-state index contributed by atoms with van der Waals surface area (Å²) in [5, 5.41) is 1.35. The molecule has 0 N–H and O–H groups in total. The Morgan fingerprint density at radius 3 is 1.50 bits per heavy atom. The molecule has 0 amide bonds. The van der Waals surface area contributed by atoms with Crippen molar-refractivity contribution in [2.75, 3.05) is 0 Å². The standard InChI is InChI=1S/C12H3Cl7.Cd/c13-5-3-1-2-4(7(5)14)6-8(15)10(17)12(19)11(18)9(6)16;/h1-3H;. The van der Waals surface area contributed by atoms with Gasteiger partial charge in [-0.05, 0) is 6.07 Å². The van der Waals surface area contributed by atoms with Gasteiger partial charge in [0.05, 0.1) is 35.2 Å². The summed E-state index contributed by atoms with van der Waals surface area (Å²) in [5.41, 5.74) is 0.930. The molecule has 0 nitrogen and oxygen atoms in total. The van der Waals surface area contributed by atoms with Gasteiger partial charge in [0.15, 0.2) is 0 Å². The molecule has 2 rings (SSSR count). The molecule has 0 saturated heterocycles. The second-order valence-electron chi connectivity index (χ2n) is 3.55. The van der Waals surface area contributed by atoms with E-state index in [1.807, 2.05) is 0 Å². The van der Waals surface area contributed by atoms with Crippen molar-refractivity contribution in [3.05, 3.63) is 53.4 Å². The van der Waals surface area contributed by atoms with Crippen LogP contribution in [0.25, 0.3) is 11.1 Å². The van der Waals surface area contributed by atoms with Crippen LogP contribution in [0.3, 0.4) is 0 Å². The zero-order chi connectivity index (χ0) is 14.3. The normalized spacial score (nSPS) is 10.3. The molecule has 8 heteroatoms. The fraction of sp³-hybridized carbons (Fsp3) is 0. The average molecular weight is 508 g/mol. The Morgan fingerprint density at radius 2 is 1.00 bits per heavy atom. The van der Waals surface area contributed by atoms with Crippen LogP contribution in [0.15, 0.2) is 18.2 Å². The second kappa shape index (κ2) is 7.78. The van der Waals surface area contributed by atoms with E-state index < -0.39 is 0 Å². The molecule has 2 aromatic rings.